The minimum Gasteiger partial charge on any atom is -0.353 e. The van der Waals surface area contributed by atoms with E-state index >= 15 is 0 Å². The largest absolute Gasteiger partial charge is 0.353 e. The van der Waals surface area contributed by atoms with Gasteiger partial charge in [0, 0.05) is 45.3 Å². The summed E-state index contributed by atoms with van der Waals surface area (Å²) in [5, 5.41) is 12.3. The van der Waals surface area contributed by atoms with Crippen molar-refractivity contribution in [1.82, 2.24) is 20.4 Å². The highest BCUT2D eigenvalue weighted by Gasteiger charge is 2.26. The second-order valence-electron chi connectivity index (χ2n) is 6.77. The molecule has 1 aromatic heterocycles. The molecule has 0 atom stereocenters. The highest BCUT2D eigenvalue weighted by Crippen LogP contribution is 2.30. The van der Waals surface area contributed by atoms with Crippen LogP contribution in [0, 0.1) is 5.92 Å². The molecule has 2 saturated carbocycles. The molecule has 0 spiro atoms. The summed E-state index contributed by atoms with van der Waals surface area (Å²) < 4.78 is 0. The molecule has 5 nitrogen and oxygen atoms in total. The molecular formula is C16H25N5. The SMILES string of the molecule is c1cc(N2CCN(CC3CC3)CC2)nnc1CNC1CC1. The van der Waals surface area contributed by atoms with Gasteiger partial charge in [-0.25, -0.2) is 0 Å². The molecule has 114 valence electrons. The Bertz CT molecular complexity index is 458. The standard InChI is InChI=1S/C16H25N5/c1-2-13(1)12-20-7-9-21(10-8-20)16-6-5-15(18-19-16)11-17-14-3-4-14/h5-6,13-14,17H,1-4,7-12H2. The Morgan fingerprint density at radius 2 is 1.81 bits per heavy atom. The fourth-order valence-electron chi connectivity index (χ4n) is 2.98. The van der Waals surface area contributed by atoms with Crippen LogP contribution in [0.3, 0.4) is 0 Å². The van der Waals surface area contributed by atoms with Crippen LogP contribution >= 0.6 is 0 Å². The summed E-state index contributed by atoms with van der Waals surface area (Å²) in [5.74, 6) is 2.03. The van der Waals surface area contributed by atoms with E-state index in [1.54, 1.807) is 0 Å². The van der Waals surface area contributed by atoms with Crippen LogP contribution in [-0.4, -0.2) is 53.9 Å². The molecule has 1 aliphatic heterocycles. The van der Waals surface area contributed by atoms with E-state index in [1.165, 1.54) is 45.3 Å². The topological polar surface area (TPSA) is 44.3 Å². The first kappa shape index (κ1) is 13.5. The summed E-state index contributed by atoms with van der Waals surface area (Å²) in [6, 6.07) is 4.98. The number of piperazine rings is 1. The van der Waals surface area contributed by atoms with E-state index in [-0.39, 0.29) is 0 Å². The lowest BCUT2D eigenvalue weighted by Gasteiger charge is -2.35. The molecule has 4 rings (SSSR count). The minimum atomic E-state index is 0.728. The molecule has 0 aromatic carbocycles. The summed E-state index contributed by atoms with van der Waals surface area (Å²) in [6.07, 6.45) is 5.53. The van der Waals surface area contributed by atoms with Crippen molar-refractivity contribution in [3.05, 3.63) is 17.8 Å². The summed E-state index contributed by atoms with van der Waals surface area (Å²) in [4.78, 5) is 4.98. The van der Waals surface area contributed by atoms with Gasteiger partial charge in [-0.1, -0.05) is 0 Å². The normalized spacial score (nSPS) is 23.5. The van der Waals surface area contributed by atoms with Gasteiger partial charge in [-0.15, -0.1) is 5.10 Å². The van der Waals surface area contributed by atoms with E-state index in [9.17, 15) is 0 Å². The zero-order valence-corrected chi connectivity index (χ0v) is 12.7. The number of anilines is 1. The maximum Gasteiger partial charge on any atom is 0.151 e. The second-order valence-corrected chi connectivity index (χ2v) is 6.77. The third-order valence-electron chi connectivity index (χ3n) is 4.76. The Balaban J connectivity index is 1.27. The van der Waals surface area contributed by atoms with Crippen LogP contribution < -0.4 is 10.2 Å². The maximum atomic E-state index is 4.42. The summed E-state index contributed by atoms with van der Waals surface area (Å²) in [5.41, 5.74) is 1.05. The predicted molar refractivity (Wildman–Crippen MR) is 83.3 cm³/mol. The molecule has 0 radical (unpaired) electrons. The lowest BCUT2D eigenvalue weighted by atomic mass is 10.2. The molecule has 2 heterocycles. The van der Waals surface area contributed by atoms with Crippen molar-refractivity contribution in [2.75, 3.05) is 37.6 Å². The van der Waals surface area contributed by atoms with E-state index in [2.05, 4.69) is 37.4 Å². The molecule has 1 N–H and O–H groups in total. The van der Waals surface area contributed by atoms with Crippen LogP contribution in [0.15, 0.2) is 12.1 Å². The smallest absolute Gasteiger partial charge is 0.151 e. The molecule has 1 saturated heterocycles. The Morgan fingerprint density at radius 1 is 1.00 bits per heavy atom. The van der Waals surface area contributed by atoms with Gasteiger partial charge in [-0.05, 0) is 43.7 Å². The molecule has 1 aromatic rings. The Morgan fingerprint density at radius 3 is 2.43 bits per heavy atom. The van der Waals surface area contributed by atoms with Crippen molar-refractivity contribution in [2.24, 2.45) is 5.92 Å². The van der Waals surface area contributed by atoms with Gasteiger partial charge in [0.1, 0.15) is 0 Å². The first-order valence-corrected chi connectivity index (χ1v) is 8.40. The summed E-state index contributed by atoms with van der Waals surface area (Å²) >= 11 is 0. The lowest BCUT2D eigenvalue weighted by Crippen LogP contribution is -2.47. The van der Waals surface area contributed by atoms with Gasteiger partial charge in [0.25, 0.3) is 0 Å². The predicted octanol–water partition coefficient (Wildman–Crippen LogP) is 1.26. The van der Waals surface area contributed by atoms with E-state index in [0.29, 0.717) is 0 Å². The number of nitrogens with one attached hydrogen (secondary N) is 1. The number of aromatic nitrogens is 2. The average Bonchev–Trinajstić information content (AvgIpc) is 3.42. The maximum absolute atomic E-state index is 4.42. The molecular weight excluding hydrogens is 262 g/mol. The monoisotopic (exact) mass is 287 g/mol. The quantitative estimate of drug-likeness (QED) is 0.853. The summed E-state index contributed by atoms with van der Waals surface area (Å²) in [7, 11) is 0. The highest BCUT2D eigenvalue weighted by atomic mass is 15.3. The van der Waals surface area contributed by atoms with Crippen molar-refractivity contribution in [1.29, 1.82) is 0 Å². The van der Waals surface area contributed by atoms with E-state index < -0.39 is 0 Å². The van der Waals surface area contributed by atoms with Crippen molar-refractivity contribution in [3.8, 4) is 0 Å². The molecule has 3 aliphatic rings. The third-order valence-corrected chi connectivity index (χ3v) is 4.76. The second kappa shape index (κ2) is 5.89. The fraction of sp³-hybridized carbons (Fsp3) is 0.750. The zero-order chi connectivity index (χ0) is 14.1. The van der Waals surface area contributed by atoms with Crippen molar-refractivity contribution in [2.45, 2.75) is 38.3 Å². The van der Waals surface area contributed by atoms with Crippen LogP contribution in [-0.2, 0) is 6.54 Å². The van der Waals surface area contributed by atoms with Gasteiger partial charge in [0.15, 0.2) is 5.82 Å². The minimum absolute atomic E-state index is 0.728. The van der Waals surface area contributed by atoms with Gasteiger partial charge in [-0.3, -0.25) is 4.90 Å². The lowest BCUT2D eigenvalue weighted by molar-refractivity contribution is 0.247. The van der Waals surface area contributed by atoms with Gasteiger partial charge in [0.2, 0.25) is 0 Å². The molecule has 3 fully saturated rings. The van der Waals surface area contributed by atoms with Gasteiger partial charge >= 0.3 is 0 Å². The highest BCUT2D eigenvalue weighted by molar-refractivity contribution is 5.38. The number of hydrogen-bond acceptors (Lipinski definition) is 5. The van der Waals surface area contributed by atoms with E-state index in [0.717, 1.165) is 43.1 Å². The molecule has 0 unspecified atom stereocenters. The first-order valence-electron chi connectivity index (χ1n) is 8.40. The molecule has 5 heteroatoms. The Kier molecular flexibility index (Phi) is 3.78. The molecule has 2 aliphatic carbocycles. The average molecular weight is 287 g/mol. The van der Waals surface area contributed by atoms with Crippen molar-refractivity contribution < 1.29 is 0 Å². The third kappa shape index (κ3) is 3.71. The van der Waals surface area contributed by atoms with Crippen LogP contribution in [0.1, 0.15) is 31.4 Å². The van der Waals surface area contributed by atoms with Crippen LogP contribution in [0.5, 0.6) is 0 Å². The Labute approximate surface area is 126 Å². The fourth-order valence-corrected chi connectivity index (χ4v) is 2.98. The van der Waals surface area contributed by atoms with Crippen molar-refractivity contribution in [3.63, 3.8) is 0 Å². The first-order chi connectivity index (χ1) is 10.4. The van der Waals surface area contributed by atoms with Gasteiger partial charge in [0.05, 0.1) is 5.69 Å². The molecule has 21 heavy (non-hydrogen) atoms. The van der Waals surface area contributed by atoms with Crippen LogP contribution in [0.4, 0.5) is 5.82 Å². The molecule has 0 bridgehead atoms. The van der Waals surface area contributed by atoms with Crippen LogP contribution in [0.2, 0.25) is 0 Å². The van der Waals surface area contributed by atoms with Crippen molar-refractivity contribution >= 4 is 5.82 Å². The molecule has 0 amide bonds. The van der Waals surface area contributed by atoms with E-state index in [1.807, 2.05) is 0 Å². The zero-order valence-electron chi connectivity index (χ0n) is 12.7. The summed E-state index contributed by atoms with van der Waals surface area (Å²) in [6.45, 7) is 6.67. The van der Waals surface area contributed by atoms with Crippen LogP contribution in [0.25, 0.3) is 0 Å². The number of nitrogens with zero attached hydrogens (tertiary/aromatic N) is 4. The van der Waals surface area contributed by atoms with Gasteiger partial charge < -0.3 is 10.2 Å². The Hall–Kier alpha value is -1.20. The van der Waals surface area contributed by atoms with E-state index in [4.69, 9.17) is 0 Å². The van der Waals surface area contributed by atoms with Gasteiger partial charge in [-0.2, -0.15) is 5.10 Å². The number of hydrogen-bond donors (Lipinski definition) is 1. The number of rotatable bonds is 6.